The number of amides is 2. The minimum absolute atomic E-state index is 0.104. The predicted molar refractivity (Wildman–Crippen MR) is 93.8 cm³/mol. The number of carbonyl (C=O) groups excluding carboxylic acids is 2. The fourth-order valence-electron chi connectivity index (χ4n) is 4.88. The number of nitrogens with one attached hydrogen (secondary N) is 1. The van der Waals surface area contributed by atoms with Crippen molar-refractivity contribution in [2.75, 3.05) is 18.4 Å². The van der Waals surface area contributed by atoms with Gasteiger partial charge in [-0.25, -0.2) is 0 Å². The smallest absolute Gasteiger partial charge is 0.253 e. The van der Waals surface area contributed by atoms with Gasteiger partial charge in [0.25, 0.3) is 5.91 Å². The number of fused-ring (bicyclic) bond motifs is 2. The summed E-state index contributed by atoms with van der Waals surface area (Å²) in [6.45, 7) is 1.72. The molecular weight excluding hydrogens is 300 g/mol. The van der Waals surface area contributed by atoms with E-state index in [-0.39, 0.29) is 11.8 Å². The van der Waals surface area contributed by atoms with Crippen molar-refractivity contribution >= 4 is 17.5 Å². The molecule has 24 heavy (non-hydrogen) atoms. The van der Waals surface area contributed by atoms with Crippen LogP contribution in [0.25, 0.3) is 0 Å². The van der Waals surface area contributed by atoms with Crippen molar-refractivity contribution in [3.05, 3.63) is 29.8 Å². The number of hydrogen-bond donors (Lipinski definition) is 1. The summed E-state index contributed by atoms with van der Waals surface area (Å²) in [5.41, 5.74) is 1.50. The molecule has 1 aromatic carbocycles. The molecule has 1 heterocycles. The maximum Gasteiger partial charge on any atom is 0.253 e. The maximum absolute atomic E-state index is 12.3. The molecule has 2 aliphatic carbocycles. The molecule has 0 radical (unpaired) electrons. The van der Waals surface area contributed by atoms with Gasteiger partial charge in [0.1, 0.15) is 0 Å². The van der Waals surface area contributed by atoms with Crippen LogP contribution in [0.4, 0.5) is 5.69 Å². The van der Waals surface area contributed by atoms with E-state index in [0.717, 1.165) is 43.5 Å². The van der Waals surface area contributed by atoms with Crippen LogP contribution in [0.3, 0.4) is 0 Å². The molecule has 1 aliphatic heterocycles. The highest BCUT2D eigenvalue weighted by atomic mass is 16.2. The first-order valence-corrected chi connectivity index (χ1v) is 9.38. The normalized spacial score (nSPS) is 28.3. The molecule has 1 N–H and O–H groups in total. The summed E-state index contributed by atoms with van der Waals surface area (Å²) in [4.78, 5) is 26.5. The van der Waals surface area contributed by atoms with Crippen molar-refractivity contribution in [3.8, 4) is 0 Å². The molecular formula is C20H26N2O2. The van der Waals surface area contributed by atoms with E-state index in [1.165, 1.54) is 25.7 Å². The summed E-state index contributed by atoms with van der Waals surface area (Å²) in [7, 11) is 0. The molecule has 4 nitrogen and oxygen atoms in total. The first kappa shape index (κ1) is 15.7. The van der Waals surface area contributed by atoms with E-state index < -0.39 is 0 Å². The molecule has 3 fully saturated rings. The van der Waals surface area contributed by atoms with Crippen molar-refractivity contribution in [1.29, 1.82) is 0 Å². The highest BCUT2D eigenvalue weighted by molar-refractivity contribution is 5.96. The molecule has 3 atom stereocenters. The number of benzene rings is 1. The number of carbonyl (C=O) groups is 2. The standard InChI is InChI=1S/C20H26N2O2/c23-19(13-17-12-14-3-4-16(17)11-14)21-18-7-5-15(6-8-18)20(24)22-9-1-2-10-22/h5-8,14,16-17H,1-4,9-13H2,(H,21,23)/t14-,16-,17+/m0/s1. The highest BCUT2D eigenvalue weighted by Crippen LogP contribution is 2.49. The Morgan fingerprint density at radius 1 is 1.04 bits per heavy atom. The second-order valence-electron chi connectivity index (χ2n) is 7.76. The Morgan fingerprint density at radius 3 is 2.42 bits per heavy atom. The van der Waals surface area contributed by atoms with Crippen molar-refractivity contribution in [2.45, 2.75) is 44.9 Å². The summed E-state index contributed by atoms with van der Waals surface area (Å²) in [5, 5.41) is 3.00. The van der Waals surface area contributed by atoms with E-state index in [1.807, 2.05) is 29.2 Å². The van der Waals surface area contributed by atoms with Crippen LogP contribution in [0, 0.1) is 17.8 Å². The average molecular weight is 326 g/mol. The van der Waals surface area contributed by atoms with E-state index in [1.54, 1.807) is 0 Å². The van der Waals surface area contributed by atoms with Crippen LogP contribution in [-0.2, 0) is 4.79 Å². The van der Waals surface area contributed by atoms with Gasteiger partial charge in [-0.3, -0.25) is 9.59 Å². The second-order valence-corrected chi connectivity index (χ2v) is 7.76. The SMILES string of the molecule is O=C(C[C@H]1C[C@H]2CC[C@H]1C2)Nc1ccc(C(=O)N2CCCC2)cc1. The zero-order valence-corrected chi connectivity index (χ0v) is 14.2. The minimum Gasteiger partial charge on any atom is -0.339 e. The molecule has 2 saturated carbocycles. The second kappa shape index (κ2) is 6.58. The van der Waals surface area contributed by atoms with Gasteiger partial charge in [0.2, 0.25) is 5.91 Å². The van der Waals surface area contributed by atoms with Gasteiger partial charge in [-0.05, 0) is 74.1 Å². The van der Waals surface area contributed by atoms with Gasteiger partial charge in [0, 0.05) is 30.8 Å². The highest BCUT2D eigenvalue weighted by Gasteiger charge is 2.40. The summed E-state index contributed by atoms with van der Waals surface area (Å²) >= 11 is 0. The summed E-state index contributed by atoms with van der Waals surface area (Å²) in [6, 6.07) is 7.35. The minimum atomic E-state index is 0.104. The molecule has 2 bridgehead atoms. The molecule has 0 unspecified atom stereocenters. The molecule has 4 heteroatoms. The van der Waals surface area contributed by atoms with Crippen LogP contribution >= 0.6 is 0 Å². The van der Waals surface area contributed by atoms with Crippen molar-refractivity contribution in [1.82, 2.24) is 4.90 Å². The van der Waals surface area contributed by atoms with Crippen LogP contribution in [0.2, 0.25) is 0 Å². The third kappa shape index (κ3) is 3.19. The van der Waals surface area contributed by atoms with Crippen molar-refractivity contribution < 1.29 is 9.59 Å². The summed E-state index contributed by atoms with van der Waals surface area (Å²) in [6.07, 6.45) is 8.11. The lowest BCUT2D eigenvalue weighted by molar-refractivity contribution is -0.117. The number of anilines is 1. The lowest BCUT2D eigenvalue weighted by Crippen LogP contribution is -2.27. The molecule has 0 spiro atoms. The molecule has 2 amide bonds. The third-order valence-electron chi connectivity index (χ3n) is 6.14. The molecule has 128 valence electrons. The number of hydrogen-bond acceptors (Lipinski definition) is 2. The van der Waals surface area contributed by atoms with E-state index in [0.29, 0.717) is 17.9 Å². The first-order valence-electron chi connectivity index (χ1n) is 9.38. The molecule has 0 aromatic heterocycles. The van der Waals surface area contributed by atoms with Gasteiger partial charge in [-0.15, -0.1) is 0 Å². The Kier molecular flexibility index (Phi) is 4.30. The molecule has 4 rings (SSSR count). The Hall–Kier alpha value is -1.84. The topological polar surface area (TPSA) is 49.4 Å². The fraction of sp³-hybridized carbons (Fsp3) is 0.600. The van der Waals surface area contributed by atoms with Gasteiger partial charge in [0.05, 0.1) is 0 Å². The van der Waals surface area contributed by atoms with Crippen LogP contribution in [0.1, 0.15) is 55.3 Å². The average Bonchev–Trinajstić information content (AvgIpc) is 3.32. The van der Waals surface area contributed by atoms with Crippen LogP contribution in [-0.4, -0.2) is 29.8 Å². The van der Waals surface area contributed by atoms with E-state index in [9.17, 15) is 9.59 Å². The Morgan fingerprint density at radius 2 is 1.79 bits per heavy atom. The molecule has 3 aliphatic rings. The molecule has 1 saturated heterocycles. The van der Waals surface area contributed by atoms with Crippen molar-refractivity contribution in [3.63, 3.8) is 0 Å². The van der Waals surface area contributed by atoms with Crippen LogP contribution in [0.5, 0.6) is 0 Å². The number of likely N-dealkylation sites (tertiary alicyclic amines) is 1. The van der Waals surface area contributed by atoms with Gasteiger partial charge in [-0.1, -0.05) is 6.42 Å². The molecule has 1 aromatic rings. The van der Waals surface area contributed by atoms with Gasteiger partial charge >= 0.3 is 0 Å². The maximum atomic E-state index is 12.3. The lowest BCUT2D eigenvalue weighted by atomic mass is 9.86. The number of rotatable bonds is 4. The van der Waals surface area contributed by atoms with Crippen LogP contribution < -0.4 is 5.32 Å². The van der Waals surface area contributed by atoms with E-state index in [4.69, 9.17) is 0 Å². The largest absolute Gasteiger partial charge is 0.339 e. The number of nitrogens with zero attached hydrogens (tertiary/aromatic N) is 1. The Bertz CT molecular complexity index is 619. The van der Waals surface area contributed by atoms with E-state index in [2.05, 4.69) is 5.32 Å². The Labute approximate surface area is 143 Å². The summed E-state index contributed by atoms with van der Waals surface area (Å²) in [5.74, 6) is 2.46. The zero-order chi connectivity index (χ0) is 16.5. The summed E-state index contributed by atoms with van der Waals surface area (Å²) < 4.78 is 0. The quantitative estimate of drug-likeness (QED) is 0.917. The fourth-order valence-corrected chi connectivity index (χ4v) is 4.88. The first-order chi connectivity index (χ1) is 11.7. The van der Waals surface area contributed by atoms with Gasteiger partial charge in [-0.2, -0.15) is 0 Å². The zero-order valence-electron chi connectivity index (χ0n) is 14.2. The van der Waals surface area contributed by atoms with Crippen LogP contribution in [0.15, 0.2) is 24.3 Å². The lowest BCUT2D eigenvalue weighted by Gasteiger charge is -2.21. The predicted octanol–water partition coefficient (Wildman–Crippen LogP) is 3.69. The monoisotopic (exact) mass is 326 g/mol. The Balaban J connectivity index is 1.31. The third-order valence-corrected chi connectivity index (χ3v) is 6.14. The van der Waals surface area contributed by atoms with Gasteiger partial charge < -0.3 is 10.2 Å². The van der Waals surface area contributed by atoms with E-state index >= 15 is 0 Å². The van der Waals surface area contributed by atoms with Gasteiger partial charge in [0.15, 0.2) is 0 Å². The van der Waals surface area contributed by atoms with Crippen molar-refractivity contribution in [2.24, 2.45) is 17.8 Å².